The van der Waals surface area contributed by atoms with Crippen molar-refractivity contribution in [3.8, 4) is 0 Å². The van der Waals surface area contributed by atoms with Gasteiger partial charge in [0.05, 0.1) is 27.5 Å². The fraction of sp³-hybridized carbons (Fsp3) is 0.421. The molecule has 2 aromatic heterocycles. The Hall–Kier alpha value is -2.30. The van der Waals surface area contributed by atoms with Crippen molar-refractivity contribution in [1.29, 1.82) is 0 Å². The van der Waals surface area contributed by atoms with E-state index < -0.39 is 27.9 Å². The van der Waals surface area contributed by atoms with Gasteiger partial charge in [-0.2, -0.15) is 9.40 Å². The Labute approximate surface area is 173 Å². The van der Waals surface area contributed by atoms with Gasteiger partial charge in [0.1, 0.15) is 4.90 Å². The largest absolute Gasteiger partial charge is 0.369 e. The number of rotatable bonds is 4. The molecule has 0 bridgehead atoms. The summed E-state index contributed by atoms with van der Waals surface area (Å²) >= 11 is 1.53. The molecule has 8 nitrogen and oxygen atoms in total. The number of thiazole rings is 1. The van der Waals surface area contributed by atoms with Crippen molar-refractivity contribution in [3.05, 3.63) is 41.2 Å². The quantitative estimate of drug-likeness (QED) is 0.678. The van der Waals surface area contributed by atoms with Crippen LogP contribution in [0.2, 0.25) is 0 Å². The molecule has 10 heteroatoms. The van der Waals surface area contributed by atoms with Gasteiger partial charge in [0, 0.05) is 25.7 Å². The number of hydrogen-bond acceptors (Lipinski definition) is 6. The van der Waals surface area contributed by atoms with Gasteiger partial charge in [-0.05, 0) is 37.0 Å². The highest BCUT2D eigenvalue weighted by Crippen LogP contribution is 2.43. The summed E-state index contributed by atoms with van der Waals surface area (Å²) in [6.07, 6.45) is 1.92. The molecule has 1 aromatic carbocycles. The van der Waals surface area contributed by atoms with E-state index >= 15 is 0 Å². The predicted molar refractivity (Wildman–Crippen MR) is 111 cm³/mol. The van der Waals surface area contributed by atoms with E-state index in [2.05, 4.69) is 10.1 Å². The molecule has 0 aliphatic carbocycles. The Bertz CT molecular complexity index is 1180. The van der Waals surface area contributed by atoms with Crippen molar-refractivity contribution in [1.82, 2.24) is 19.1 Å². The van der Waals surface area contributed by atoms with Crippen LogP contribution < -0.4 is 5.73 Å². The minimum absolute atomic E-state index is 0.185. The number of amides is 1. The Morgan fingerprint density at radius 1 is 1.34 bits per heavy atom. The molecule has 3 heterocycles. The van der Waals surface area contributed by atoms with Crippen molar-refractivity contribution < 1.29 is 13.2 Å². The van der Waals surface area contributed by atoms with Crippen LogP contribution in [0, 0.1) is 18.8 Å². The van der Waals surface area contributed by atoms with E-state index in [1.165, 1.54) is 26.5 Å². The lowest BCUT2D eigenvalue weighted by Crippen LogP contribution is -2.48. The van der Waals surface area contributed by atoms with E-state index in [-0.39, 0.29) is 17.4 Å². The van der Waals surface area contributed by atoms with E-state index in [9.17, 15) is 13.2 Å². The summed E-state index contributed by atoms with van der Waals surface area (Å²) in [4.78, 5) is 16.6. The van der Waals surface area contributed by atoms with E-state index in [1.54, 1.807) is 19.5 Å². The first-order valence-corrected chi connectivity index (χ1v) is 11.7. The third-order valence-electron chi connectivity index (χ3n) is 5.72. The Morgan fingerprint density at radius 3 is 2.76 bits per heavy atom. The second-order valence-electron chi connectivity index (χ2n) is 7.55. The van der Waals surface area contributed by atoms with Gasteiger partial charge in [-0.15, -0.1) is 11.3 Å². The fourth-order valence-corrected chi connectivity index (χ4v) is 6.88. The SMILES string of the molecule is Cc1nn(C)cc1S(=O)(=O)N1CCC(C(N)=O)C(C)C1c1ccc2scnc2c1. The number of fused-ring (bicyclic) bond motifs is 1. The zero-order valence-electron chi connectivity index (χ0n) is 16.4. The molecule has 1 aliphatic rings. The molecule has 2 N–H and O–H groups in total. The Kier molecular flexibility index (Phi) is 4.96. The van der Waals surface area contributed by atoms with Gasteiger partial charge < -0.3 is 5.73 Å². The number of aromatic nitrogens is 3. The minimum Gasteiger partial charge on any atom is -0.369 e. The van der Waals surface area contributed by atoms with Crippen LogP contribution in [0.4, 0.5) is 0 Å². The lowest BCUT2D eigenvalue weighted by atomic mass is 9.79. The summed E-state index contributed by atoms with van der Waals surface area (Å²) in [5.41, 5.74) is 9.47. The highest BCUT2D eigenvalue weighted by Gasteiger charge is 2.45. The molecule has 0 saturated carbocycles. The Balaban J connectivity index is 1.84. The van der Waals surface area contributed by atoms with Gasteiger partial charge in [0.25, 0.3) is 0 Å². The molecule has 3 aromatic rings. The smallest absolute Gasteiger partial charge is 0.247 e. The summed E-state index contributed by atoms with van der Waals surface area (Å²) in [5, 5.41) is 4.19. The van der Waals surface area contributed by atoms with Crippen molar-refractivity contribution in [2.75, 3.05) is 6.54 Å². The normalized spacial score (nSPS) is 23.5. The number of nitrogens with zero attached hydrogens (tertiary/aromatic N) is 4. The molecule has 29 heavy (non-hydrogen) atoms. The van der Waals surface area contributed by atoms with Crippen LogP contribution in [0.1, 0.15) is 30.6 Å². The number of nitrogens with two attached hydrogens (primary N) is 1. The summed E-state index contributed by atoms with van der Waals surface area (Å²) in [6.45, 7) is 3.79. The molecule has 154 valence electrons. The molecule has 0 spiro atoms. The van der Waals surface area contributed by atoms with Gasteiger partial charge >= 0.3 is 0 Å². The number of sulfonamides is 1. The van der Waals surface area contributed by atoms with Crippen molar-refractivity contribution >= 4 is 37.5 Å². The van der Waals surface area contributed by atoms with Crippen LogP contribution in [0.25, 0.3) is 10.2 Å². The predicted octanol–water partition coefficient (Wildman–Crippen LogP) is 2.21. The average molecular weight is 434 g/mol. The number of benzene rings is 1. The summed E-state index contributed by atoms with van der Waals surface area (Å²) in [7, 11) is -2.12. The van der Waals surface area contributed by atoms with Gasteiger partial charge in [-0.1, -0.05) is 13.0 Å². The van der Waals surface area contributed by atoms with Gasteiger partial charge in [-0.3, -0.25) is 9.48 Å². The first-order valence-electron chi connectivity index (χ1n) is 9.34. The number of carbonyl (C=O) groups is 1. The zero-order valence-corrected chi connectivity index (χ0v) is 18.1. The highest BCUT2D eigenvalue weighted by atomic mass is 32.2. The van der Waals surface area contributed by atoms with Crippen LogP contribution in [0.15, 0.2) is 34.8 Å². The summed E-state index contributed by atoms with van der Waals surface area (Å²) in [6, 6.07) is 5.26. The minimum atomic E-state index is -3.81. The lowest BCUT2D eigenvalue weighted by molar-refractivity contribution is -0.125. The van der Waals surface area contributed by atoms with Crippen molar-refractivity contribution in [2.24, 2.45) is 24.6 Å². The molecule has 3 atom stereocenters. The maximum absolute atomic E-state index is 13.6. The van der Waals surface area contributed by atoms with Gasteiger partial charge in [-0.25, -0.2) is 13.4 Å². The molecule has 0 radical (unpaired) electrons. The third-order valence-corrected chi connectivity index (χ3v) is 8.51. The molecule has 1 aliphatic heterocycles. The van der Waals surface area contributed by atoms with Crippen LogP contribution in [0.5, 0.6) is 0 Å². The zero-order chi connectivity index (χ0) is 20.9. The maximum Gasteiger partial charge on any atom is 0.247 e. The number of primary amides is 1. The molecule has 4 rings (SSSR count). The standard InChI is InChI=1S/C19H23N5O3S2/c1-11-14(19(20)25)6-7-24(29(26,27)17-9-23(3)22-12(17)2)18(11)13-4-5-16-15(8-13)21-10-28-16/h4-5,8-11,14,18H,6-7H2,1-3H3,(H2,20,25). The molecule has 3 unspecified atom stereocenters. The monoisotopic (exact) mass is 433 g/mol. The summed E-state index contributed by atoms with van der Waals surface area (Å²) in [5.74, 6) is -1.07. The van der Waals surface area contributed by atoms with Crippen LogP contribution >= 0.6 is 11.3 Å². The maximum atomic E-state index is 13.6. The van der Waals surface area contributed by atoms with E-state index in [0.29, 0.717) is 12.1 Å². The number of piperidine rings is 1. The molecule has 1 saturated heterocycles. The highest BCUT2D eigenvalue weighted by molar-refractivity contribution is 7.89. The van der Waals surface area contributed by atoms with Crippen molar-refractivity contribution in [2.45, 2.75) is 31.2 Å². The second-order valence-corrected chi connectivity index (χ2v) is 10.3. The third kappa shape index (κ3) is 3.34. The number of aryl methyl sites for hydroxylation is 2. The fourth-order valence-electron chi connectivity index (χ4n) is 4.31. The molecular formula is C19H23N5O3S2. The van der Waals surface area contributed by atoms with E-state index in [1.807, 2.05) is 25.1 Å². The topological polar surface area (TPSA) is 111 Å². The first-order chi connectivity index (χ1) is 13.7. The second kappa shape index (κ2) is 7.19. The number of hydrogen-bond donors (Lipinski definition) is 1. The lowest BCUT2D eigenvalue weighted by Gasteiger charge is -2.42. The first kappa shape index (κ1) is 20.0. The molecule has 1 fully saturated rings. The van der Waals surface area contributed by atoms with E-state index in [4.69, 9.17) is 5.73 Å². The van der Waals surface area contributed by atoms with Gasteiger partial charge in [0.2, 0.25) is 15.9 Å². The molecule has 1 amide bonds. The van der Waals surface area contributed by atoms with Gasteiger partial charge in [0.15, 0.2) is 0 Å². The number of carbonyl (C=O) groups excluding carboxylic acids is 1. The summed E-state index contributed by atoms with van der Waals surface area (Å²) < 4.78 is 31.2. The van der Waals surface area contributed by atoms with Crippen LogP contribution in [0.3, 0.4) is 0 Å². The Morgan fingerprint density at radius 2 is 2.10 bits per heavy atom. The molecular weight excluding hydrogens is 410 g/mol. The van der Waals surface area contributed by atoms with Crippen molar-refractivity contribution in [3.63, 3.8) is 0 Å². The van der Waals surface area contributed by atoms with Crippen LogP contribution in [-0.2, 0) is 21.9 Å². The van der Waals surface area contributed by atoms with E-state index in [0.717, 1.165) is 15.8 Å². The average Bonchev–Trinajstić information content (AvgIpc) is 3.26. The van der Waals surface area contributed by atoms with Crippen LogP contribution in [-0.4, -0.2) is 39.9 Å².